The lowest BCUT2D eigenvalue weighted by Crippen LogP contribution is -2.50. The summed E-state index contributed by atoms with van der Waals surface area (Å²) in [6.45, 7) is 1.76. The van der Waals surface area contributed by atoms with Gasteiger partial charge in [0.15, 0.2) is 9.84 Å². The van der Waals surface area contributed by atoms with Crippen LogP contribution in [-0.4, -0.2) is 56.2 Å². The van der Waals surface area contributed by atoms with Crippen molar-refractivity contribution in [1.29, 1.82) is 0 Å². The summed E-state index contributed by atoms with van der Waals surface area (Å²) in [6, 6.07) is -0.578. The topological polar surface area (TPSA) is 110 Å². The van der Waals surface area contributed by atoms with Crippen LogP contribution in [0.25, 0.3) is 0 Å². The van der Waals surface area contributed by atoms with Gasteiger partial charge >= 0.3 is 5.97 Å². The molecule has 2 rings (SSSR count). The lowest BCUT2D eigenvalue weighted by molar-refractivity contribution is -0.149. The number of ether oxygens (including phenoxy) is 1. The van der Waals surface area contributed by atoms with E-state index in [4.69, 9.17) is 4.74 Å². The number of amides is 1. The van der Waals surface area contributed by atoms with Gasteiger partial charge in [0.05, 0.1) is 30.8 Å². The second kappa shape index (κ2) is 5.33. The number of sulfone groups is 1. The average molecular weight is 305 g/mol. The maximum atomic E-state index is 11.9. The van der Waals surface area contributed by atoms with Gasteiger partial charge in [0.25, 0.3) is 0 Å². The number of carbonyl (C=O) groups excluding carboxylic acids is 1. The molecule has 8 heteroatoms. The Labute approximate surface area is 117 Å². The van der Waals surface area contributed by atoms with Gasteiger partial charge in [-0.2, -0.15) is 0 Å². The van der Waals surface area contributed by atoms with Crippen molar-refractivity contribution in [2.45, 2.75) is 25.8 Å². The van der Waals surface area contributed by atoms with E-state index in [0.29, 0.717) is 6.42 Å². The van der Waals surface area contributed by atoms with Gasteiger partial charge in [0, 0.05) is 6.42 Å². The minimum absolute atomic E-state index is 0.0395. The fourth-order valence-electron chi connectivity index (χ4n) is 2.63. The quantitative estimate of drug-likeness (QED) is 0.719. The van der Waals surface area contributed by atoms with Crippen molar-refractivity contribution in [1.82, 2.24) is 5.32 Å². The molecule has 2 fully saturated rings. The van der Waals surface area contributed by atoms with Gasteiger partial charge in [-0.3, -0.25) is 9.59 Å². The molecule has 0 saturated carbocycles. The highest BCUT2D eigenvalue weighted by molar-refractivity contribution is 7.91. The molecule has 3 unspecified atom stereocenters. The molecule has 2 aliphatic rings. The Morgan fingerprint density at radius 3 is 2.70 bits per heavy atom. The Kier molecular flexibility index (Phi) is 4.06. The van der Waals surface area contributed by atoms with Crippen LogP contribution in [0.3, 0.4) is 0 Å². The van der Waals surface area contributed by atoms with Crippen LogP contribution in [0.2, 0.25) is 0 Å². The van der Waals surface area contributed by atoms with Crippen molar-refractivity contribution >= 4 is 21.7 Å². The average Bonchev–Trinajstić information content (AvgIpc) is 2.84. The van der Waals surface area contributed by atoms with Gasteiger partial charge in [0.2, 0.25) is 5.91 Å². The molecule has 2 saturated heterocycles. The second-order valence-electron chi connectivity index (χ2n) is 5.83. The molecule has 7 nitrogen and oxygen atoms in total. The molecule has 2 aliphatic heterocycles. The lowest BCUT2D eigenvalue weighted by Gasteiger charge is -2.25. The predicted octanol–water partition coefficient (Wildman–Crippen LogP) is -0.583. The number of rotatable bonds is 4. The lowest BCUT2D eigenvalue weighted by atomic mass is 9.85. The van der Waals surface area contributed by atoms with Gasteiger partial charge in [-0.25, -0.2) is 8.42 Å². The first-order valence-electron chi connectivity index (χ1n) is 6.54. The standard InChI is InChI=1S/C12H19NO6S/c1-12(11(15)16)7-19-5-9(12)13-10(14)4-8-2-3-20(17,18)6-8/h8-9H,2-7H2,1H3,(H,13,14)(H,15,16). The van der Waals surface area contributed by atoms with E-state index < -0.39 is 27.3 Å². The third-order valence-corrected chi connectivity index (χ3v) is 5.92. The fourth-order valence-corrected chi connectivity index (χ4v) is 4.50. The highest BCUT2D eigenvalue weighted by Gasteiger charge is 2.47. The van der Waals surface area contributed by atoms with E-state index in [9.17, 15) is 23.1 Å². The van der Waals surface area contributed by atoms with E-state index in [2.05, 4.69) is 5.32 Å². The largest absolute Gasteiger partial charge is 0.481 e. The van der Waals surface area contributed by atoms with E-state index in [-0.39, 0.29) is 43.0 Å². The van der Waals surface area contributed by atoms with Gasteiger partial charge in [-0.15, -0.1) is 0 Å². The minimum atomic E-state index is -3.00. The zero-order chi connectivity index (χ0) is 15.0. The SMILES string of the molecule is CC1(C(=O)O)COCC1NC(=O)CC1CCS(=O)(=O)C1. The minimum Gasteiger partial charge on any atom is -0.481 e. The summed E-state index contributed by atoms with van der Waals surface area (Å²) in [4.78, 5) is 23.2. The summed E-state index contributed by atoms with van der Waals surface area (Å²) in [5.74, 6) is -1.32. The van der Waals surface area contributed by atoms with Crippen LogP contribution in [0.15, 0.2) is 0 Å². The van der Waals surface area contributed by atoms with Gasteiger partial charge in [-0.05, 0) is 19.3 Å². The van der Waals surface area contributed by atoms with Gasteiger partial charge in [0.1, 0.15) is 5.41 Å². The molecule has 2 heterocycles. The Hall–Kier alpha value is -1.15. The summed E-state index contributed by atoms with van der Waals surface area (Å²) < 4.78 is 27.8. The number of nitrogens with one attached hydrogen (secondary N) is 1. The smallest absolute Gasteiger partial charge is 0.313 e. The molecule has 0 aliphatic carbocycles. The predicted molar refractivity (Wildman–Crippen MR) is 69.9 cm³/mol. The van der Waals surface area contributed by atoms with Crippen molar-refractivity contribution in [2.75, 3.05) is 24.7 Å². The molecule has 0 aromatic carbocycles. The number of hydrogen-bond acceptors (Lipinski definition) is 5. The molecular weight excluding hydrogens is 286 g/mol. The molecule has 2 N–H and O–H groups in total. The normalized spacial score (nSPS) is 35.9. The number of carbonyl (C=O) groups is 2. The van der Waals surface area contributed by atoms with Crippen molar-refractivity contribution in [3.63, 3.8) is 0 Å². The maximum absolute atomic E-state index is 11.9. The van der Waals surface area contributed by atoms with E-state index >= 15 is 0 Å². The third-order valence-electron chi connectivity index (χ3n) is 4.08. The Morgan fingerprint density at radius 2 is 2.15 bits per heavy atom. The van der Waals surface area contributed by atoms with Crippen LogP contribution in [0.5, 0.6) is 0 Å². The Balaban J connectivity index is 1.90. The first kappa shape index (κ1) is 15.2. The Morgan fingerprint density at radius 1 is 1.45 bits per heavy atom. The van der Waals surface area contributed by atoms with Crippen LogP contribution in [-0.2, 0) is 24.2 Å². The van der Waals surface area contributed by atoms with Crippen molar-refractivity contribution < 1.29 is 27.9 Å². The molecule has 0 bridgehead atoms. The van der Waals surface area contributed by atoms with Gasteiger partial charge in [-0.1, -0.05) is 0 Å². The van der Waals surface area contributed by atoms with E-state index in [1.807, 2.05) is 0 Å². The number of carboxylic acid groups (broad SMARTS) is 1. The molecule has 0 spiro atoms. The number of aliphatic carboxylic acids is 1. The summed E-state index contributed by atoms with van der Waals surface area (Å²) in [5.41, 5.74) is -1.13. The highest BCUT2D eigenvalue weighted by atomic mass is 32.2. The van der Waals surface area contributed by atoms with E-state index in [1.165, 1.54) is 6.92 Å². The van der Waals surface area contributed by atoms with Crippen LogP contribution < -0.4 is 5.32 Å². The molecule has 3 atom stereocenters. The molecule has 1 amide bonds. The van der Waals surface area contributed by atoms with Crippen molar-refractivity contribution in [3.05, 3.63) is 0 Å². The summed E-state index contributed by atoms with van der Waals surface area (Å²) in [6.07, 6.45) is 0.610. The first-order chi connectivity index (χ1) is 9.23. The summed E-state index contributed by atoms with van der Waals surface area (Å²) >= 11 is 0. The van der Waals surface area contributed by atoms with Crippen LogP contribution in [0.1, 0.15) is 19.8 Å². The van der Waals surface area contributed by atoms with Crippen LogP contribution in [0.4, 0.5) is 0 Å². The molecule has 0 aromatic heterocycles. The van der Waals surface area contributed by atoms with Crippen LogP contribution in [0, 0.1) is 11.3 Å². The maximum Gasteiger partial charge on any atom is 0.313 e. The fraction of sp³-hybridized carbons (Fsp3) is 0.833. The molecule has 0 aromatic rings. The first-order valence-corrected chi connectivity index (χ1v) is 8.36. The molecule has 20 heavy (non-hydrogen) atoms. The zero-order valence-corrected chi connectivity index (χ0v) is 12.1. The molecule has 114 valence electrons. The number of carboxylic acids is 1. The van der Waals surface area contributed by atoms with Crippen molar-refractivity contribution in [3.8, 4) is 0 Å². The van der Waals surface area contributed by atoms with Crippen LogP contribution >= 0.6 is 0 Å². The second-order valence-corrected chi connectivity index (χ2v) is 8.06. The number of hydrogen-bond donors (Lipinski definition) is 2. The molecular formula is C12H19NO6S. The van der Waals surface area contributed by atoms with E-state index in [1.54, 1.807) is 0 Å². The van der Waals surface area contributed by atoms with Crippen molar-refractivity contribution in [2.24, 2.45) is 11.3 Å². The summed E-state index contributed by atoms with van der Waals surface area (Å²) in [5, 5.41) is 11.9. The molecule has 0 radical (unpaired) electrons. The Bertz CT molecular complexity index is 516. The third kappa shape index (κ3) is 3.12. The monoisotopic (exact) mass is 305 g/mol. The van der Waals surface area contributed by atoms with Gasteiger partial charge < -0.3 is 15.2 Å². The zero-order valence-electron chi connectivity index (χ0n) is 11.3. The van der Waals surface area contributed by atoms with E-state index in [0.717, 1.165) is 0 Å². The highest BCUT2D eigenvalue weighted by Crippen LogP contribution is 2.29. The summed E-state index contributed by atoms with van der Waals surface area (Å²) in [7, 11) is -3.00.